The van der Waals surface area contributed by atoms with E-state index in [9.17, 15) is 4.39 Å². The first-order valence-electron chi connectivity index (χ1n) is 8.25. The van der Waals surface area contributed by atoms with Gasteiger partial charge in [-0.2, -0.15) is 0 Å². The van der Waals surface area contributed by atoms with Gasteiger partial charge in [0.1, 0.15) is 5.82 Å². The molecule has 0 radical (unpaired) electrons. The lowest BCUT2D eigenvalue weighted by Crippen LogP contribution is -2.00. The number of hydrogen-bond donors (Lipinski definition) is 0. The smallest absolute Gasteiger partial charge is 0.192 e. The van der Waals surface area contributed by atoms with Gasteiger partial charge in [-0.3, -0.25) is 4.57 Å². The number of hydrogen-bond acceptors (Lipinski definition) is 4. The van der Waals surface area contributed by atoms with Crippen molar-refractivity contribution in [2.24, 2.45) is 0 Å². The fourth-order valence-electron chi connectivity index (χ4n) is 2.82. The first-order valence-corrected chi connectivity index (χ1v) is 10.5. The zero-order valence-corrected chi connectivity index (χ0v) is 16.6. The van der Waals surface area contributed by atoms with Gasteiger partial charge >= 0.3 is 0 Å². The topological polar surface area (TPSA) is 30.7 Å². The first-order chi connectivity index (χ1) is 13.2. The molecule has 0 unspecified atom stereocenters. The van der Waals surface area contributed by atoms with Crippen molar-refractivity contribution in [3.05, 3.63) is 76.9 Å². The Morgan fingerprint density at radius 3 is 2.89 bits per heavy atom. The van der Waals surface area contributed by atoms with Crippen molar-refractivity contribution in [2.75, 3.05) is 0 Å². The molecule has 2 aromatic carbocycles. The molecule has 0 fully saturated rings. The normalized spacial score (nSPS) is 11.2. The molecule has 136 valence electrons. The van der Waals surface area contributed by atoms with E-state index in [0.29, 0.717) is 17.3 Å². The highest BCUT2D eigenvalue weighted by molar-refractivity contribution is 7.98. The summed E-state index contributed by atoms with van der Waals surface area (Å²) >= 11 is 9.35. The fourth-order valence-corrected chi connectivity index (χ4v) is 5.02. The quantitative estimate of drug-likeness (QED) is 0.268. The standard InChI is InChI=1S/C20H15ClFN3S2/c1-2-9-25-19(16-12-26-18-6-4-3-5-15(16)18)23-24-20(25)27-11-13-7-8-14(22)10-17(13)21/h2-8,10,12H,1,9,11H2. The van der Waals surface area contributed by atoms with E-state index in [4.69, 9.17) is 11.6 Å². The van der Waals surface area contributed by atoms with Gasteiger partial charge in [-0.15, -0.1) is 28.1 Å². The molecular formula is C20H15ClFN3S2. The Labute approximate surface area is 169 Å². The largest absolute Gasteiger partial charge is 0.298 e. The van der Waals surface area contributed by atoms with Crippen LogP contribution in [0.1, 0.15) is 5.56 Å². The third-order valence-corrected chi connectivity index (χ3v) is 6.45. The van der Waals surface area contributed by atoms with Crippen LogP contribution in [-0.4, -0.2) is 14.8 Å². The molecule has 7 heteroatoms. The lowest BCUT2D eigenvalue weighted by Gasteiger charge is -2.08. The summed E-state index contributed by atoms with van der Waals surface area (Å²) in [5.41, 5.74) is 1.93. The Bertz CT molecular complexity index is 1120. The van der Waals surface area contributed by atoms with Crippen LogP contribution in [-0.2, 0) is 12.3 Å². The van der Waals surface area contributed by atoms with Gasteiger partial charge in [0.25, 0.3) is 0 Å². The van der Waals surface area contributed by atoms with Gasteiger partial charge in [0.15, 0.2) is 11.0 Å². The highest BCUT2D eigenvalue weighted by atomic mass is 35.5. The number of thiophene rings is 1. The Balaban J connectivity index is 1.67. The molecule has 0 aliphatic heterocycles. The Hall–Kier alpha value is -2.15. The van der Waals surface area contributed by atoms with Gasteiger partial charge in [-0.25, -0.2) is 4.39 Å². The van der Waals surface area contributed by atoms with Crippen LogP contribution in [0.5, 0.6) is 0 Å². The van der Waals surface area contributed by atoms with E-state index in [1.54, 1.807) is 17.4 Å². The molecule has 0 aliphatic carbocycles. The second-order valence-corrected chi connectivity index (χ2v) is 8.14. The molecular weight excluding hydrogens is 401 g/mol. The van der Waals surface area contributed by atoms with Gasteiger partial charge in [0.05, 0.1) is 0 Å². The van der Waals surface area contributed by atoms with E-state index in [1.165, 1.54) is 34.0 Å². The molecule has 0 spiro atoms. The van der Waals surface area contributed by atoms with Crippen molar-refractivity contribution >= 4 is 44.8 Å². The molecule has 0 N–H and O–H groups in total. The highest BCUT2D eigenvalue weighted by Gasteiger charge is 2.17. The lowest BCUT2D eigenvalue weighted by atomic mass is 10.1. The van der Waals surface area contributed by atoms with E-state index >= 15 is 0 Å². The summed E-state index contributed by atoms with van der Waals surface area (Å²) in [6.07, 6.45) is 1.83. The molecule has 3 nitrogen and oxygen atoms in total. The zero-order chi connectivity index (χ0) is 18.8. The minimum Gasteiger partial charge on any atom is -0.298 e. The number of rotatable bonds is 6. The molecule has 4 rings (SSSR count). The Morgan fingerprint density at radius 1 is 1.22 bits per heavy atom. The summed E-state index contributed by atoms with van der Waals surface area (Å²) in [6, 6.07) is 12.7. The van der Waals surface area contributed by atoms with Crippen LogP contribution in [0.2, 0.25) is 5.02 Å². The predicted molar refractivity (Wildman–Crippen MR) is 112 cm³/mol. The summed E-state index contributed by atoms with van der Waals surface area (Å²) in [7, 11) is 0. The number of benzene rings is 2. The van der Waals surface area contributed by atoms with Crippen LogP contribution in [0.15, 0.2) is 65.7 Å². The van der Waals surface area contributed by atoms with Crippen LogP contribution in [0.25, 0.3) is 21.5 Å². The average molecular weight is 416 g/mol. The number of allylic oxidation sites excluding steroid dienone is 1. The number of halogens is 2. The summed E-state index contributed by atoms with van der Waals surface area (Å²) < 4.78 is 16.5. The van der Waals surface area contributed by atoms with E-state index in [2.05, 4.69) is 34.3 Å². The Morgan fingerprint density at radius 2 is 2.07 bits per heavy atom. The van der Waals surface area contributed by atoms with Gasteiger partial charge < -0.3 is 0 Å². The molecule has 0 aliphatic rings. The monoisotopic (exact) mass is 415 g/mol. The van der Waals surface area contributed by atoms with Gasteiger partial charge in [-0.1, -0.05) is 53.7 Å². The van der Waals surface area contributed by atoms with Crippen molar-refractivity contribution in [3.63, 3.8) is 0 Å². The molecule has 4 aromatic rings. The molecule has 2 aromatic heterocycles. The van der Waals surface area contributed by atoms with Crippen molar-refractivity contribution in [3.8, 4) is 11.4 Å². The fraction of sp³-hybridized carbons (Fsp3) is 0.100. The molecule has 0 saturated heterocycles. The summed E-state index contributed by atoms with van der Waals surface area (Å²) in [6.45, 7) is 4.46. The van der Waals surface area contributed by atoms with Crippen LogP contribution in [0, 0.1) is 5.82 Å². The summed E-state index contributed by atoms with van der Waals surface area (Å²) in [5.74, 6) is 1.06. The van der Waals surface area contributed by atoms with Crippen LogP contribution < -0.4 is 0 Å². The second-order valence-electron chi connectivity index (χ2n) is 5.88. The van der Waals surface area contributed by atoms with E-state index in [-0.39, 0.29) is 5.82 Å². The van der Waals surface area contributed by atoms with Crippen molar-refractivity contribution in [1.29, 1.82) is 0 Å². The maximum atomic E-state index is 13.2. The maximum Gasteiger partial charge on any atom is 0.192 e. The van der Waals surface area contributed by atoms with Crippen LogP contribution in [0.4, 0.5) is 4.39 Å². The van der Waals surface area contributed by atoms with Gasteiger partial charge in [0.2, 0.25) is 0 Å². The molecule has 0 atom stereocenters. The zero-order valence-electron chi connectivity index (χ0n) is 14.2. The van der Waals surface area contributed by atoms with Gasteiger partial charge in [-0.05, 0) is 23.8 Å². The summed E-state index contributed by atoms with van der Waals surface area (Å²) in [4.78, 5) is 0. The van der Waals surface area contributed by atoms with Crippen molar-refractivity contribution in [2.45, 2.75) is 17.5 Å². The molecule has 27 heavy (non-hydrogen) atoms. The molecule has 0 amide bonds. The summed E-state index contributed by atoms with van der Waals surface area (Å²) in [5, 5.41) is 13.3. The average Bonchev–Trinajstić information content (AvgIpc) is 3.25. The van der Waals surface area contributed by atoms with Crippen molar-refractivity contribution in [1.82, 2.24) is 14.8 Å². The van der Waals surface area contributed by atoms with Gasteiger partial charge in [0, 0.05) is 38.3 Å². The molecule has 0 bridgehead atoms. The minimum atomic E-state index is -0.338. The second kappa shape index (κ2) is 7.84. The first kappa shape index (κ1) is 18.2. The number of aromatic nitrogens is 3. The van der Waals surface area contributed by atoms with E-state index in [1.807, 2.05) is 22.8 Å². The molecule has 2 heterocycles. The highest BCUT2D eigenvalue weighted by Crippen LogP contribution is 2.35. The lowest BCUT2D eigenvalue weighted by molar-refractivity contribution is 0.627. The predicted octanol–water partition coefficient (Wildman–Crippen LogP) is 6.43. The Kier molecular flexibility index (Phi) is 5.29. The van der Waals surface area contributed by atoms with Crippen molar-refractivity contribution < 1.29 is 4.39 Å². The van der Waals surface area contributed by atoms with Crippen LogP contribution >= 0.6 is 34.7 Å². The number of nitrogens with zero attached hydrogens (tertiary/aromatic N) is 3. The maximum absolute atomic E-state index is 13.2. The third-order valence-electron chi connectivity index (χ3n) is 4.12. The minimum absolute atomic E-state index is 0.338. The van der Waals surface area contributed by atoms with Crippen LogP contribution in [0.3, 0.4) is 0 Å². The SMILES string of the molecule is C=CCn1c(SCc2ccc(F)cc2Cl)nnc1-c1csc2ccccc12. The number of thioether (sulfide) groups is 1. The third kappa shape index (κ3) is 3.65. The van der Waals surface area contributed by atoms with E-state index < -0.39 is 0 Å². The number of fused-ring (bicyclic) bond motifs is 1. The molecule has 0 saturated carbocycles. The van der Waals surface area contributed by atoms with E-state index in [0.717, 1.165) is 22.1 Å².